The number of carbonyl (C=O) groups is 1. The molecule has 132 valence electrons. The highest BCUT2D eigenvalue weighted by Crippen LogP contribution is 2.32. The van der Waals surface area contributed by atoms with Crippen LogP contribution >= 0.6 is 0 Å². The van der Waals surface area contributed by atoms with E-state index >= 15 is 0 Å². The number of hydrogen-bond donors (Lipinski definition) is 2. The molecular formula is C21H26N2O2. The van der Waals surface area contributed by atoms with E-state index in [0.29, 0.717) is 6.54 Å². The zero-order chi connectivity index (χ0) is 17.9. The van der Waals surface area contributed by atoms with Crippen LogP contribution in [-0.4, -0.2) is 26.1 Å². The summed E-state index contributed by atoms with van der Waals surface area (Å²) in [4.78, 5) is 12.9. The van der Waals surface area contributed by atoms with E-state index < -0.39 is 5.41 Å². The summed E-state index contributed by atoms with van der Waals surface area (Å²) in [5.41, 5.74) is 2.88. The number of rotatable bonds is 5. The Morgan fingerprint density at radius 3 is 2.72 bits per heavy atom. The SMILES string of the molecule is COc1ccccc1C(C)(C)C(=O)NCC1NCCc2ccccc21. The van der Waals surface area contributed by atoms with Crippen LogP contribution in [0.3, 0.4) is 0 Å². The van der Waals surface area contributed by atoms with Crippen LogP contribution in [0.1, 0.15) is 36.6 Å². The number of carbonyl (C=O) groups excluding carboxylic acids is 1. The van der Waals surface area contributed by atoms with Gasteiger partial charge in [-0.1, -0.05) is 42.5 Å². The van der Waals surface area contributed by atoms with Crippen molar-refractivity contribution in [3.8, 4) is 5.75 Å². The number of fused-ring (bicyclic) bond motifs is 1. The Labute approximate surface area is 149 Å². The normalized spacial score (nSPS) is 16.8. The maximum Gasteiger partial charge on any atom is 0.230 e. The highest BCUT2D eigenvalue weighted by molar-refractivity contribution is 5.88. The molecule has 1 amide bonds. The summed E-state index contributed by atoms with van der Waals surface area (Å²) in [6, 6.07) is 16.3. The van der Waals surface area contributed by atoms with Crippen molar-refractivity contribution in [3.63, 3.8) is 0 Å². The first-order chi connectivity index (χ1) is 12.0. The van der Waals surface area contributed by atoms with Crippen LogP contribution in [0, 0.1) is 0 Å². The summed E-state index contributed by atoms with van der Waals surface area (Å²) in [6.07, 6.45) is 1.04. The van der Waals surface area contributed by atoms with Gasteiger partial charge in [-0.2, -0.15) is 0 Å². The van der Waals surface area contributed by atoms with Crippen LogP contribution in [0.25, 0.3) is 0 Å². The molecule has 3 rings (SSSR count). The van der Waals surface area contributed by atoms with E-state index in [4.69, 9.17) is 4.74 Å². The lowest BCUT2D eigenvalue weighted by Gasteiger charge is -2.30. The number of amides is 1. The van der Waals surface area contributed by atoms with Crippen molar-refractivity contribution in [1.29, 1.82) is 0 Å². The summed E-state index contributed by atoms with van der Waals surface area (Å²) in [5, 5.41) is 6.63. The van der Waals surface area contributed by atoms with Gasteiger partial charge in [0, 0.05) is 18.2 Å². The third kappa shape index (κ3) is 3.54. The number of ether oxygens (including phenoxy) is 1. The van der Waals surface area contributed by atoms with Crippen molar-refractivity contribution in [2.45, 2.75) is 31.7 Å². The highest BCUT2D eigenvalue weighted by Gasteiger charge is 2.33. The van der Waals surface area contributed by atoms with Crippen LogP contribution in [0.15, 0.2) is 48.5 Å². The van der Waals surface area contributed by atoms with E-state index in [-0.39, 0.29) is 11.9 Å². The summed E-state index contributed by atoms with van der Waals surface area (Å²) >= 11 is 0. The number of para-hydroxylation sites is 1. The largest absolute Gasteiger partial charge is 0.496 e. The van der Waals surface area contributed by atoms with E-state index in [1.807, 2.05) is 38.1 Å². The van der Waals surface area contributed by atoms with Gasteiger partial charge in [0.25, 0.3) is 0 Å². The van der Waals surface area contributed by atoms with E-state index in [0.717, 1.165) is 24.3 Å². The second-order valence-electron chi connectivity index (χ2n) is 6.99. The molecule has 0 saturated heterocycles. The Morgan fingerprint density at radius 1 is 1.20 bits per heavy atom. The van der Waals surface area contributed by atoms with Gasteiger partial charge in [-0.3, -0.25) is 4.79 Å². The molecule has 0 spiro atoms. The van der Waals surface area contributed by atoms with Gasteiger partial charge in [-0.15, -0.1) is 0 Å². The third-order valence-corrected chi connectivity index (χ3v) is 5.03. The number of methoxy groups -OCH3 is 1. The van der Waals surface area contributed by atoms with Crippen molar-refractivity contribution in [1.82, 2.24) is 10.6 Å². The van der Waals surface area contributed by atoms with Crippen molar-refractivity contribution in [2.75, 3.05) is 20.2 Å². The summed E-state index contributed by atoms with van der Waals surface area (Å²) < 4.78 is 5.43. The minimum Gasteiger partial charge on any atom is -0.496 e. The smallest absolute Gasteiger partial charge is 0.230 e. The van der Waals surface area contributed by atoms with Gasteiger partial charge in [0.1, 0.15) is 5.75 Å². The molecule has 0 aromatic heterocycles. The molecule has 4 nitrogen and oxygen atoms in total. The molecule has 2 aromatic rings. The molecule has 0 radical (unpaired) electrons. The predicted octanol–water partition coefficient (Wildman–Crippen LogP) is 2.98. The van der Waals surface area contributed by atoms with E-state index in [2.05, 4.69) is 34.9 Å². The van der Waals surface area contributed by atoms with Crippen molar-refractivity contribution < 1.29 is 9.53 Å². The van der Waals surface area contributed by atoms with Crippen molar-refractivity contribution >= 4 is 5.91 Å². The Kier molecular flexibility index (Phi) is 5.09. The third-order valence-electron chi connectivity index (χ3n) is 5.03. The summed E-state index contributed by atoms with van der Waals surface area (Å²) in [6.45, 7) is 5.38. The molecule has 2 N–H and O–H groups in total. The maximum atomic E-state index is 12.9. The lowest BCUT2D eigenvalue weighted by molar-refractivity contribution is -0.125. The topological polar surface area (TPSA) is 50.4 Å². The van der Waals surface area contributed by atoms with E-state index in [1.165, 1.54) is 11.1 Å². The lowest BCUT2D eigenvalue weighted by atomic mass is 9.83. The van der Waals surface area contributed by atoms with Crippen molar-refractivity contribution in [3.05, 3.63) is 65.2 Å². The number of nitrogens with one attached hydrogen (secondary N) is 2. The van der Waals surface area contributed by atoms with Gasteiger partial charge >= 0.3 is 0 Å². The van der Waals surface area contributed by atoms with E-state index in [1.54, 1.807) is 7.11 Å². The molecule has 0 saturated carbocycles. The average Bonchev–Trinajstić information content (AvgIpc) is 2.65. The van der Waals surface area contributed by atoms with Crippen LogP contribution in [-0.2, 0) is 16.6 Å². The first-order valence-corrected chi connectivity index (χ1v) is 8.77. The van der Waals surface area contributed by atoms with Gasteiger partial charge in [0.05, 0.1) is 12.5 Å². The van der Waals surface area contributed by atoms with Gasteiger partial charge in [-0.05, 0) is 44.0 Å². The second-order valence-corrected chi connectivity index (χ2v) is 6.99. The van der Waals surface area contributed by atoms with Crippen molar-refractivity contribution in [2.24, 2.45) is 0 Å². The molecule has 0 aliphatic carbocycles. The molecule has 1 unspecified atom stereocenters. The molecule has 25 heavy (non-hydrogen) atoms. The Bertz CT molecular complexity index is 755. The first kappa shape index (κ1) is 17.5. The molecule has 1 aliphatic heterocycles. The minimum atomic E-state index is -0.666. The molecular weight excluding hydrogens is 312 g/mol. The Balaban J connectivity index is 1.72. The molecule has 1 heterocycles. The maximum absolute atomic E-state index is 12.9. The quantitative estimate of drug-likeness (QED) is 0.881. The van der Waals surface area contributed by atoms with Gasteiger partial charge in [0.2, 0.25) is 5.91 Å². The van der Waals surface area contributed by atoms with Crippen LogP contribution in [0.4, 0.5) is 0 Å². The monoisotopic (exact) mass is 338 g/mol. The van der Waals surface area contributed by atoms with E-state index in [9.17, 15) is 4.79 Å². The van der Waals surface area contributed by atoms with Gasteiger partial charge < -0.3 is 15.4 Å². The molecule has 0 bridgehead atoms. The summed E-state index contributed by atoms with van der Waals surface area (Å²) in [5.74, 6) is 0.741. The highest BCUT2D eigenvalue weighted by atomic mass is 16.5. The Hall–Kier alpha value is -2.33. The number of benzene rings is 2. The van der Waals surface area contributed by atoms with Crippen LogP contribution in [0.5, 0.6) is 5.75 Å². The zero-order valence-corrected chi connectivity index (χ0v) is 15.1. The Morgan fingerprint density at radius 2 is 1.92 bits per heavy atom. The van der Waals surface area contributed by atoms with Crippen LogP contribution in [0.2, 0.25) is 0 Å². The molecule has 1 aliphatic rings. The molecule has 1 atom stereocenters. The minimum absolute atomic E-state index is 0.00172. The fourth-order valence-electron chi connectivity index (χ4n) is 3.47. The first-order valence-electron chi connectivity index (χ1n) is 8.77. The molecule has 0 fully saturated rings. The fourth-order valence-corrected chi connectivity index (χ4v) is 3.47. The fraction of sp³-hybridized carbons (Fsp3) is 0.381. The zero-order valence-electron chi connectivity index (χ0n) is 15.1. The number of hydrogen-bond acceptors (Lipinski definition) is 3. The second kappa shape index (κ2) is 7.28. The molecule has 4 heteroatoms. The summed E-state index contributed by atoms with van der Waals surface area (Å²) in [7, 11) is 1.63. The van der Waals surface area contributed by atoms with Gasteiger partial charge in [-0.25, -0.2) is 0 Å². The lowest BCUT2D eigenvalue weighted by Crippen LogP contribution is -2.45. The average molecular weight is 338 g/mol. The van der Waals surface area contributed by atoms with Gasteiger partial charge in [0.15, 0.2) is 0 Å². The van der Waals surface area contributed by atoms with Crippen LogP contribution < -0.4 is 15.4 Å². The molecule has 2 aromatic carbocycles. The predicted molar refractivity (Wildman–Crippen MR) is 99.9 cm³/mol. The standard InChI is InChI=1S/C21H26N2O2/c1-21(2,17-10-6-7-11-19(17)25-3)20(24)23-14-18-16-9-5-4-8-15(16)12-13-22-18/h4-11,18,22H,12-14H2,1-3H3,(H,23,24).